The highest BCUT2D eigenvalue weighted by molar-refractivity contribution is 5.99. The van der Waals surface area contributed by atoms with E-state index in [1.165, 1.54) is 23.6 Å². The van der Waals surface area contributed by atoms with Crippen LogP contribution in [0.1, 0.15) is 12.8 Å². The third-order valence-corrected chi connectivity index (χ3v) is 4.36. The monoisotopic (exact) mass is 284 g/mol. The number of hydrogen-bond donors (Lipinski definition) is 0. The topological polar surface area (TPSA) is 41.5 Å². The van der Waals surface area contributed by atoms with Gasteiger partial charge in [0.25, 0.3) is 0 Å². The number of fused-ring (bicyclic) bond motifs is 1. The van der Waals surface area contributed by atoms with E-state index in [4.69, 9.17) is 4.74 Å². The molecule has 2 aromatic rings. The van der Waals surface area contributed by atoms with E-state index in [0.717, 1.165) is 51.0 Å². The first-order valence-electron chi connectivity index (χ1n) is 7.76. The summed E-state index contributed by atoms with van der Waals surface area (Å²) in [7, 11) is 0. The number of benzene rings is 1. The van der Waals surface area contributed by atoms with Crippen molar-refractivity contribution >= 4 is 22.4 Å². The van der Waals surface area contributed by atoms with Crippen LogP contribution in [0.15, 0.2) is 24.3 Å². The second-order valence-electron chi connectivity index (χ2n) is 5.69. The van der Waals surface area contributed by atoms with Crippen molar-refractivity contribution in [3.63, 3.8) is 0 Å². The molecule has 0 bridgehead atoms. The quantitative estimate of drug-likeness (QED) is 0.844. The van der Waals surface area contributed by atoms with Crippen LogP contribution >= 0.6 is 0 Å². The van der Waals surface area contributed by atoms with Gasteiger partial charge in [-0.25, -0.2) is 0 Å². The molecule has 0 atom stereocenters. The predicted molar refractivity (Wildman–Crippen MR) is 84.0 cm³/mol. The van der Waals surface area contributed by atoms with Gasteiger partial charge in [0.05, 0.1) is 13.2 Å². The molecule has 5 heteroatoms. The number of rotatable bonds is 2. The van der Waals surface area contributed by atoms with Gasteiger partial charge < -0.3 is 14.5 Å². The van der Waals surface area contributed by atoms with E-state index in [1.807, 2.05) is 0 Å². The average molecular weight is 284 g/mol. The van der Waals surface area contributed by atoms with Crippen molar-refractivity contribution in [3.8, 4) is 0 Å². The second kappa shape index (κ2) is 5.48. The van der Waals surface area contributed by atoms with Gasteiger partial charge in [0.2, 0.25) is 0 Å². The Labute approximate surface area is 124 Å². The lowest BCUT2D eigenvalue weighted by Gasteiger charge is -2.29. The normalized spacial score (nSPS) is 19.4. The van der Waals surface area contributed by atoms with Crippen LogP contribution in [-0.4, -0.2) is 49.6 Å². The molecule has 1 aromatic heterocycles. The summed E-state index contributed by atoms with van der Waals surface area (Å²) < 4.78 is 5.44. The first-order valence-corrected chi connectivity index (χ1v) is 7.76. The minimum atomic E-state index is 0.768. The summed E-state index contributed by atoms with van der Waals surface area (Å²) in [5.41, 5.74) is 0. The molecule has 2 fully saturated rings. The van der Waals surface area contributed by atoms with E-state index in [0.29, 0.717) is 0 Å². The molecule has 110 valence electrons. The van der Waals surface area contributed by atoms with E-state index in [9.17, 15) is 0 Å². The molecular formula is C16H20N4O. The first kappa shape index (κ1) is 12.8. The van der Waals surface area contributed by atoms with E-state index >= 15 is 0 Å². The highest BCUT2D eigenvalue weighted by Gasteiger charge is 2.21. The summed E-state index contributed by atoms with van der Waals surface area (Å²) in [6, 6.07) is 8.50. The standard InChI is InChI=1S/C16H20N4O/c1-2-6-14-13(5-1)15(19-7-3-4-8-19)17-18-16(14)20-9-11-21-12-10-20/h1-2,5-6H,3-4,7-12H2. The molecule has 0 spiro atoms. The third kappa shape index (κ3) is 2.31. The van der Waals surface area contributed by atoms with E-state index < -0.39 is 0 Å². The fraction of sp³-hybridized carbons (Fsp3) is 0.500. The minimum Gasteiger partial charge on any atom is -0.378 e. The zero-order valence-electron chi connectivity index (χ0n) is 12.2. The van der Waals surface area contributed by atoms with Gasteiger partial charge in [-0.1, -0.05) is 24.3 Å². The van der Waals surface area contributed by atoms with Crippen molar-refractivity contribution in [2.45, 2.75) is 12.8 Å². The molecule has 0 N–H and O–H groups in total. The van der Waals surface area contributed by atoms with Crippen molar-refractivity contribution in [2.75, 3.05) is 49.2 Å². The molecule has 0 radical (unpaired) electrons. The fourth-order valence-electron chi connectivity index (χ4n) is 3.25. The van der Waals surface area contributed by atoms with Crippen LogP contribution in [0.4, 0.5) is 11.6 Å². The molecule has 2 aliphatic heterocycles. The maximum absolute atomic E-state index is 5.44. The Morgan fingerprint density at radius 2 is 1.29 bits per heavy atom. The second-order valence-corrected chi connectivity index (χ2v) is 5.69. The van der Waals surface area contributed by atoms with E-state index in [-0.39, 0.29) is 0 Å². The van der Waals surface area contributed by atoms with Crippen LogP contribution in [-0.2, 0) is 4.74 Å². The number of hydrogen-bond acceptors (Lipinski definition) is 5. The van der Waals surface area contributed by atoms with Crippen LogP contribution < -0.4 is 9.80 Å². The summed E-state index contributed by atoms with van der Waals surface area (Å²) in [6.07, 6.45) is 2.50. The number of nitrogens with zero attached hydrogens (tertiary/aromatic N) is 4. The molecule has 4 rings (SSSR count). The lowest BCUT2D eigenvalue weighted by Crippen LogP contribution is -2.37. The van der Waals surface area contributed by atoms with Crippen molar-refractivity contribution in [2.24, 2.45) is 0 Å². The Morgan fingerprint density at radius 3 is 1.86 bits per heavy atom. The maximum atomic E-state index is 5.44. The number of aromatic nitrogens is 2. The van der Waals surface area contributed by atoms with Crippen molar-refractivity contribution < 1.29 is 4.74 Å². The summed E-state index contributed by atoms with van der Waals surface area (Å²) >= 11 is 0. The van der Waals surface area contributed by atoms with Gasteiger partial charge >= 0.3 is 0 Å². The van der Waals surface area contributed by atoms with E-state index in [1.54, 1.807) is 0 Å². The highest BCUT2D eigenvalue weighted by Crippen LogP contribution is 2.32. The summed E-state index contributed by atoms with van der Waals surface area (Å²) in [5, 5.41) is 11.5. The average Bonchev–Trinajstić information content (AvgIpc) is 3.09. The molecule has 0 amide bonds. The van der Waals surface area contributed by atoms with Gasteiger partial charge in [-0.05, 0) is 12.8 Å². The summed E-state index contributed by atoms with van der Waals surface area (Å²) in [6.45, 7) is 5.50. The van der Waals surface area contributed by atoms with Crippen LogP contribution in [0.25, 0.3) is 10.8 Å². The van der Waals surface area contributed by atoms with E-state index in [2.05, 4.69) is 44.3 Å². The van der Waals surface area contributed by atoms with Gasteiger partial charge in [-0.2, -0.15) is 0 Å². The highest BCUT2D eigenvalue weighted by atomic mass is 16.5. The molecule has 3 heterocycles. The number of anilines is 2. The Balaban J connectivity index is 1.80. The summed E-state index contributed by atoms with van der Waals surface area (Å²) in [4.78, 5) is 4.64. The van der Waals surface area contributed by atoms with Crippen LogP contribution in [0.3, 0.4) is 0 Å². The molecule has 2 saturated heterocycles. The van der Waals surface area contributed by atoms with Crippen molar-refractivity contribution in [1.82, 2.24) is 10.2 Å². The Kier molecular flexibility index (Phi) is 3.35. The SMILES string of the molecule is c1ccc2c(N3CCOCC3)nnc(N3CCCC3)c2c1. The van der Waals surface area contributed by atoms with Gasteiger partial charge in [0.15, 0.2) is 11.6 Å². The summed E-state index contributed by atoms with van der Waals surface area (Å²) in [5.74, 6) is 2.04. The Morgan fingerprint density at radius 1 is 0.762 bits per heavy atom. The predicted octanol–water partition coefficient (Wildman–Crippen LogP) is 2.07. The lowest BCUT2D eigenvalue weighted by molar-refractivity contribution is 0.122. The fourth-order valence-corrected chi connectivity index (χ4v) is 3.25. The molecule has 2 aliphatic rings. The van der Waals surface area contributed by atoms with Crippen molar-refractivity contribution in [1.29, 1.82) is 0 Å². The number of morpholine rings is 1. The molecule has 0 saturated carbocycles. The van der Waals surface area contributed by atoms with Crippen LogP contribution in [0, 0.1) is 0 Å². The smallest absolute Gasteiger partial charge is 0.159 e. The lowest BCUT2D eigenvalue weighted by atomic mass is 10.1. The molecule has 21 heavy (non-hydrogen) atoms. The molecule has 0 aliphatic carbocycles. The van der Waals surface area contributed by atoms with Gasteiger partial charge in [-0.15, -0.1) is 10.2 Å². The molecule has 5 nitrogen and oxygen atoms in total. The minimum absolute atomic E-state index is 0.768. The van der Waals surface area contributed by atoms with Gasteiger partial charge in [0, 0.05) is 37.0 Å². The van der Waals surface area contributed by atoms with Crippen molar-refractivity contribution in [3.05, 3.63) is 24.3 Å². The maximum Gasteiger partial charge on any atom is 0.159 e. The molecule has 1 aromatic carbocycles. The Bertz CT molecular complexity index is 633. The molecule has 0 unspecified atom stereocenters. The zero-order chi connectivity index (χ0) is 14.1. The zero-order valence-corrected chi connectivity index (χ0v) is 12.2. The van der Waals surface area contributed by atoms with Gasteiger partial charge in [-0.3, -0.25) is 0 Å². The third-order valence-electron chi connectivity index (χ3n) is 4.36. The molecular weight excluding hydrogens is 264 g/mol. The number of ether oxygens (including phenoxy) is 1. The van der Waals surface area contributed by atoms with Crippen LogP contribution in [0.5, 0.6) is 0 Å². The van der Waals surface area contributed by atoms with Gasteiger partial charge in [0.1, 0.15) is 0 Å². The van der Waals surface area contributed by atoms with Crippen LogP contribution in [0.2, 0.25) is 0 Å². The Hall–Kier alpha value is -1.88. The largest absolute Gasteiger partial charge is 0.378 e. The first-order chi connectivity index (χ1) is 10.4.